The van der Waals surface area contributed by atoms with Crippen molar-refractivity contribution in [2.75, 3.05) is 5.32 Å². The molecule has 7 heteroatoms. The number of hydrogen-bond acceptors (Lipinski definition) is 4. The summed E-state index contributed by atoms with van der Waals surface area (Å²) >= 11 is 1.19. The number of nitrogens with zero attached hydrogens (tertiary/aromatic N) is 1. The SMILES string of the molecule is Cc1cccc(C)c1NC(=O)C[C@H]1SC(CC(=O)NCc2ccccc2)=NC1=O. The molecule has 0 fully saturated rings. The first-order chi connectivity index (χ1) is 13.9. The average molecular weight is 410 g/mol. The molecule has 0 radical (unpaired) electrons. The molecule has 1 atom stereocenters. The van der Waals surface area contributed by atoms with Gasteiger partial charge in [-0.05, 0) is 30.5 Å². The van der Waals surface area contributed by atoms with E-state index in [0.29, 0.717) is 11.6 Å². The van der Waals surface area contributed by atoms with Crippen molar-refractivity contribution < 1.29 is 14.4 Å². The summed E-state index contributed by atoms with van der Waals surface area (Å²) in [5.41, 5.74) is 3.71. The molecule has 0 aromatic heterocycles. The third-order valence-corrected chi connectivity index (χ3v) is 5.71. The van der Waals surface area contributed by atoms with Gasteiger partial charge in [-0.15, -0.1) is 0 Å². The highest BCUT2D eigenvalue weighted by molar-refractivity contribution is 8.15. The first kappa shape index (κ1) is 20.8. The maximum absolute atomic E-state index is 12.4. The van der Waals surface area contributed by atoms with Crippen LogP contribution in [0.1, 0.15) is 29.5 Å². The molecule has 1 aliphatic heterocycles. The lowest BCUT2D eigenvalue weighted by Crippen LogP contribution is -2.24. The highest BCUT2D eigenvalue weighted by atomic mass is 32.2. The van der Waals surface area contributed by atoms with Gasteiger partial charge in [0.15, 0.2) is 0 Å². The lowest BCUT2D eigenvalue weighted by Gasteiger charge is -2.12. The number of rotatable bonds is 7. The molecule has 3 rings (SSSR count). The number of aryl methyl sites for hydroxylation is 2. The molecule has 6 nitrogen and oxygen atoms in total. The Labute approximate surface area is 174 Å². The van der Waals surface area contributed by atoms with E-state index >= 15 is 0 Å². The number of carbonyl (C=O) groups excluding carboxylic acids is 3. The van der Waals surface area contributed by atoms with Gasteiger partial charge in [-0.3, -0.25) is 14.4 Å². The van der Waals surface area contributed by atoms with E-state index in [0.717, 1.165) is 22.4 Å². The molecule has 150 valence electrons. The molecule has 1 heterocycles. The van der Waals surface area contributed by atoms with Gasteiger partial charge in [-0.2, -0.15) is 0 Å². The Bertz CT molecular complexity index is 937. The zero-order valence-electron chi connectivity index (χ0n) is 16.4. The Morgan fingerprint density at radius 1 is 1.00 bits per heavy atom. The fraction of sp³-hybridized carbons (Fsp3) is 0.273. The Kier molecular flexibility index (Phi) is 6.82. The lowest BCUT2D eigenvalue weighted by molar-refractivity contribution is -0.121. The highest BCUT2D eigenvalue weighted by Gasteiger charge is 2.31. The van der Waals surface area contributed by atoms with Gasteiger partial charge in [0, 0.05) is 18.7 Å². The zero-order valence-corrected chi connectivity index (χ0v) is 17.2. The molecule has 0 saturated heterocycles. The summed E-state index contributed by atoms with van der Waals surface area (Å²) in [4.78, 5) is 40.6. The zero-order chi connectivity index (χ0) is 20.8. The summed E-state index contributed by atoms with van der Waals surface area (Å²) in [7, 11) is 0. The van der Waals surface area contributed by atoms with Crippen molar-refractivity contribution in [3.8, 4) is 0 Å². The third-order valence-electron chi connectivity index (χ3n) is 4.55. The van der Waals surface area contributed by atoms with Crippen LogP contribution in [0.3, 0.4) is 0 Å². The molecule has 2 aromatic carbocycles. The van der Waals surface area contributed by atoms with Crippen LogP contribution in [-0.2, 0) is 20.9 Å². The fourth-order valence-electron chi connectivity index (χ4n) is 3.01. The molecular weight excluding hydrogens is 386 g/mol. The molecule has 2 N–H and O–H groups in total. The predicted molar refractivity (Wildman–Crippen MR) is 116 cm³/mol. The van der Waals surface area contributed by atoms with E-state index in [1.807, 2.05) is 62.4 Å². The number of anilines is 1. The molecule has 0 bridgehead atoms. The second-order valence-electron chi connectivity index (χ2n) is 6.91. The molecular formula is C22H23N3O3S. The standard InChI is InChI=1S/C22H23N3O3S/c1-14-7-6-8-15(2)21(14)24-19(27)11-17-22(28)25-20(29-17)12-18(26)23-13-16-9-4-3-5-10-16/h3-10,17H,11-13H2,1-2H3,(H,23,26)(H,24,27)/t17-/m1/s1. The summed E-state index contributed by atoms with van der Waals surface area (Å²) in [6.07, 6.45) is 0.0637. The third kappa shape index (κ3) is 5.77. The van der Waals surface area contributed by atoms with Crippen LogP contribution >= 0.6 is 11.8 Å². The first-order valence-electron chi connectivity index (χ1n) is 9.37. The normalized spacial score (nSPS) is 15.7. The second-order valence-corrected chi connectivity index (χ2v) is 8.18. The summed E-state index contributed by atoms with van der Waals surface area (Å²) < 4.78 is 0. The van der Waals surface area contributed by atoms with E-state index in [-0.39, 0.29) is 30.6 Å². The van der Waals surface area contributed by atoms with Gasteiger partial charge in [0.05, 0.1) is 11.5 Å². The summed E-state index contributed by atoms with van der Waals surface area (Å²) in [6.45, 7) is 4.27. The van der Waals surface area contributed by atoms with E-state index in [1.165, 1.54) is 11.8 Å². The predicted octanol–water partition coefficient (Wildman–Crippen LogP) is 3.38. The number of aliphatic imine (C=N–C) groups is 1. The maximum Gasteiger partial charge on any atom is 0.260 e. The number of benzene rings is 2. The van der Waals surface area contributed by atoms with E-state index in [1.54, 1.807) is 0 Å². The van der Waals surface area contributed by atoms with Crippen LogP contribution in [0, 0.1) is 13.8 Å². The average Bonchev–Trinajstić information content (AvgIpc) is 3.02. The molecule has 0 saturated carbocycles. The van der Waals surface area contributed by atoms with E-state index in [9.17, 15) is 14.4 Å². The Hall–Kier alpha value is -2.93. The second kappa shape index (κ2) is 9.52. The van der Waals surface area contributed by atoms with Crippen molar-refractivity contribution in [1.82, 2.24) is 5.32 Å². The molecule has 0 spiro atoms. The van der Waals surface area contributed by atoms with Crippen LogP contribution in [-0.4, -0.2) is 28.0 Å². The van der Waals surface area contributed by atoms with Crippen LogP contribution in [0.25, 0.3) is 0 Å². The number of para-hydroxylation sites is 1. The van der Waals surface area contributed by atoms with Gasteiger partial charge >= 0.3 is 0 Å². The topological polar surface area (TPSA) is 87.6 Å². The fourth-order valence-corrected chi connectivity index (χ4v) is 4.09. The Morgan fingerprint density at radius 2 is 1.69 bits per heavy atom. The van der Waals surface area contributed by atoms with Crippen molar-refractivity contribution in [1.29, 1.82) is 0 Å². The molecule has 1 aliphatic rings. The van der Waals surface area contributed by atoms with E-state index in [4.69, 9.17) is 0 Å². The molecule has 0 unspecified atom stereocenters. The number of nitrogens with one attached hydrogen (secondary N) is 2. The highest BCUT2D eigenvalue weighted by Crippen LogP contribution is 2.28. The van der Waals surface area contributed by atoms with Gasteiger partial charge in [-0.25, -0.2) is 4.99 Å². The number of hydrogen-bond donors (Lipinski definition) is 2. The van der Waals surface area contributed by atoms with Gasteiger partial charge in [0.25, 0.3) is 5.91 Å². The lowest BCUT2D eigenvalue weighted by atomic mass is 10.1. The minimum absolute atomic E-state index is 0.0237. The summed E-state index contributed by atoms with van der Waals surface area (Å²) in [5, 5.41) is 5.57. The van der Waals surface area contributed by atoms with Gasteiger partial charge in [-0.1, -0.05) is 60.3 Å². The maximum atomic E-state index is 12.4. The largest absolute Gasteiger partial charge is 0.352 e. The molecule has 29 heavy (non-hydrogen) atoms. The minimum Gasteiger partial charge on any atom is -0.352 e. The Balaban J connectivity index is 1.48. The van der Waals surface area contributed by atoms with E-state index < -0.39 is 5.25 Å². The van der Waals surface area contributed by atoms with Crippen molar-refractivity contribution in [3.63, 3.8) is 0 Å². The van der Waals surface area contributed by atoms with Gasteiger partial charge in [0.1, 0.15) is 5.25 Å². The minimum atomic E-state index is -0.587. The Morgan fingerprint density at radius 3 is 2.38 bits per heavy atom. The van der Waals surface area contributed by atoms with E-state index in [2.05, 4.69) is 15.6 Å². The molecule has 3 amide bonds. The van der Waals surface area contributed by atoms with Crippen molar-refractivity contribution in [3.05, 3.63) is 65.2 Å². The van der Waals surface area contributed by atoms with Crippen LogP contribution in [0.2, 0.25) is 0 Å². The van der Waals surface area contributed by atoms with Crippen LogP contribution in [0.15, 0.2) is 53.5 Å². The van der Waals surface area contributed by atoms with Crippen LogP contribution in [0.5, 0.6) is 0 Å². The summed E-state index contributed by atoms with van der Waals surface area (Å²) in [5.74, 6) is -0.802. The number of amides is 3. The molecule has 0 aliphatic carbocycles. The molecule has 2 aromatic rings. The van der Waals surface area contributed by atoms with Crippen molar-refractivity contribution in [2.45, 2.75) is 38.5 Å². The van der Waals surface area contributed by atoms with Crippen LogP contribution in [0.4, 0.5) is 5.69 Å². The monoisotopic (exact) mass is 409 g/mol. The first-order valence-corrected chi connectivity index (χ1v) is 10.2. The summed E-state index contributed by atoms with van der Waals surface area (Å²) in [6, 6.07) is 15.4. The number of carbonyl (C=O) groups is 3. The quantitative estimate of drug-likeness (QED) is 0.734. The van der Waals surface area contributed by atoms with Gasteiger partial charge < -0.3 is 10.6 Å². The smallest absolute Gasteiger partial charge is 0.260 e. The van der Waals surface area contributed by atoms with Gasteiger partial charge in [0.2, 0.25) is 11.8 Å². The number of thioether (sulfide) groups is 1. The van der Waals surface area contributed by atoms with Crippen LogP contribution < -0.4 is 10.6 Å². The van der Waals surface area contributed by atoms with Crippen molar-refractivity contribution in [2.24, 2.45) is 4.99 Å². The van der Waals surface area contributed by atoms with Crippen molar-refractivity contribution >= 4 is 40.2 Å².